The molecule has 142 valence electrons. The Balaban J connectivity index is 1.64. The Morgan fingerprint density at radius 1 is 1.28 bits per heavy atom. The highest BCUT2D eigenvalue weighted by Gasteiger charge is 2.28. The summed E-state index contributed by atoms with van der Waals surface area (Å²) < 4.78 is 10.1. The number of rotatable bonds is 5. The van der Waals surface area contributed by atoms with E-state index >= 15 is 0 Å². The number of esters is 1. The molecule has 0 radical (unpaired) electrons. The molecule has 0 bridgehead atoms. The summed E-state index contributed by atoms with van der Waals surface area (Å²) >= 11 is 0. The van der Waals surface area contributed by atoms with Gasteiger partial charge in [-0.1, -0.05) is 5.16 Å². The quantitative estimate of drug-likeness (QED) is 0.709. The number of carbonyl (C=O) groups excluding carboxylic acids is 2. The van der Waals surface area contributed by atoms with Crippen molar-refractivity contribution in [3.05, 3.63) is 0 Å². The van der Waals surface area contributed by atoms with Crippen molar-refractivity contribution < 1.29 is 23.9 Å². The fraction of sp³-hybridized carbons (Fsp3) is 0.833. The summed E-state index contributed by atoms with van der Waals surface area (Å²) in [5.74, 6) is 0.317. The topological polar surface area (TPSA) is 77.4 Å². The van der Waals surface area contributed by atoms with E-state index in [0.717, 1.165) is 44.5 Å². The maximum Gasteiger partial charge on any atom is 0.410 e. The highest BCUT2D eigenvalue weighted by atomic mass is 16.6. The van der Waals surface area contributed by atoms with Gasteiger partial charge in [-0.25, -0.2) is 4.79 Å². The van der Waals surface area contributed by atoms with E-state index < -0.39 is 5.60 Å². The van der Waals surface area contributed by atoms with Crippen molar-refractivity contribution in [3.63, 3.8) is 0 Å². The third kappa shape index (κ3) is 6.55. The Hall–Kier alpha value is -1.79. The van der Waals surface area contributed by atoms with Gasteiger partial charge in [0.05, 0.1) is 19.2 Å². The van der Waals surface area contributed by atoms with Crippen molar-refractivity contribution in [2.24, 2.45) is 11.1 Å². The molecule has 1 atom stereocenters. The van der Waals surface area contributed by atoms with Gasteiger partial charge in [0.15, 0.2) is 0 Å². The van der Waals surface area contributed by atoms with Gasteiger partial charge in [0.1, 0.15) is 11.7 Å². The third-order valence-electron chi connectivity index (χ3n) is 4.52. The lowest BCUT2D eigenvalue weighted by Gasteiger charge is -2.33. The van der Waals surface area contributed by atoms with E-state index in [1.807, 2.05) is 20.8 Å². The molecule has 1 unspecified atom stereocenters. The molecule has 2 rings (SSSR count). The standard InChI is InChI=1S/C18H30N2O5/c1-18(2,3)24-17(22)20-9-7-13(8-10-20)5-6-14-11-15(25-19-14)12-16(21)23-4/h13,15H,5-12H2,1-4H3. The van der Waals surface area contributed by atoms with Gasteiger partial charge in [-0.2, -0.15) is 0 Å². The minimum absolute atomic E-state index is 0.184. The Labute approximate surface area is 149 Å². The summed E-state index contributed by atoms with van der Waals surface area (Å²) in [6, 6.07) is 0. The molecule has 0 aromatic heterocycles. The van der Waals surface area contributed by atoms with E-state index in [1.165, 1.54) is 7.11 Å². The number of amides is 1. The summed E-state index contributed by atoms with van der Waals surface area (Å²) in [4.78, 5) is 30.4. The van der Waals surface area contributed by atoms with E-state index in [0.29, 0.717) is 12.3 Å². The van der Waals surface area contributed by atoms with E-state index in [-0.39, 0.29) is 24.6 Å². The summed E-state index contributed by atoms with van der Waals surface area (Å²) in [6.45, 7) is 7.14. The maximum atomic E-state index is 12.1. The zero-order valence-corrected chi connectivity index (χ0v) is 15.7. The van der Waals surface area contributed by atoms with Crippen LogP contribution in [-0.2, 0) is 19.1 Å². The summed E-state index contributed by atoms with van der Waals surface area (Å²) in [5.41, 5.74) is 0.568. The number of likely N-dealkylation sites (tertiary alicyclic amines) is 1. The summed E-state index contributed by atoms with van der Waals surface area (Å²) in [7, 11) is 1.38. The Morgan fingerprint density at radius 2 is 1.96 bits per heavy atom. The predicted octanol–water partition coefficient (Wildman–Crippen LogP) is 3.12. The second-order valence-electron chi connectivity index (χ2n) is 7.82. The number of nitrogens with zero attached hydrogens (tertiary/aromatic N) is 2. The van der Waals surface area contributed by atoms with E-state index in [9.17, 15) is 9.59 Å². The average molecular weight is 354 g/mol. The van der Waals surface area contributed by atoms with Gasteiger partial charge in [-0.15, -0.1) is 0 Å². The van der Waals surface area contributed by atoms with Crippen LogP contribution in [0.15, 0.2) is 5.16 Å². The molecular formula is C18H30N2O5. The Bertz CT molecular complexity index is 504. The van der Waals surface area contributed by atoms with Crippen LogP contribution in [0.25, 0.3) is 0 Å². The molecule has 7 nitrogen and oxygen atoms in total. The molecule has 0 N–H and O–H groups in total. The van der Waals surface area contributed by atoms with Gasteiger partial charge < -0.3 is 19.2 Å². The summed E-state index contributed by atoms with van der Waals surface area (Å²) in [5, 5.41) is 4.10. The fourth-order valence-corrected chi connectivity index (χ4v) is 3.11. The van der Waals surface area contributed by atoms with Gasteiger partial charge in [-0.3, -0.25) is 4.79 Å². The zero-order valence-electron chi connectivity index (χ0n) is 15.7. The highest BCUT2D eigenvalue weighted by molar-refractivity contribution is 5.86. The molecule has 0 aromatic rings. The lowest BCUT2D eigenvalue weighted by atomic mass is 9.90. The SMILES string of the molecule is COC(=O)CC1CC(CCC2CCN(C(=O)OC(C)(C)C)CC2)=NO1. The van der Waals surface area contributed by atoms with Crippen LogP contribution >= 0.6 is 0 Å². The first kappa shape index (κ1) is 19.5. The smallest absolute Gasteiger partial charge is 0.410 e. The molecule has 0 aliphatic carbocycles. The predicted molar refractivity (Wildman–Crippen MR) is 93.3 cm³/mol. The lowest BCUT2D eigenvalue weighted by molar-refractivity contribution is -0.143. The van der Waals surface area contributed by atoms with Crippen molar-refractivity contribution in [3.8, 4) is 0 Å². The van der Waals surface area contributed by atoms with Crippen molar-refractivity contribution >= 4 is 17.8 Å². The minimum Gasteiger partial charge on any atom is -0.469 e. The number of carbonyl (C=O) groups is 2. The normalized spacial score (nSPS) is 21.5. The van der Waals surface area contributed by atoms with Crippen LogP contribution in [0.1, 0.15) is 59.3 Å². The Morgan fingerprint density at radius 3 is 2.56 bits per heavy atom. The molecule has 1 saturated heterocycles. The second kappa shape index (κ2) is 8.54. The number of methoxy groups -OCH3 is 1. The van der Waals surface area contributed by atoms with E-state index in [2.05, 4.69) is 9.89 Å². The van der Waals surface area contributed by atoms with E-state index in [1.54, 1.807) is 4.90 Å². The van der Waals surface area contributed by atoms with Crippen molar-refractivity contribution in [1.29, 1.82) is 0 Å². The lowest BCUT2D eigenvalue weighted by Crippen LogP contribution is -2.41. The molecule has 1 fully saturated rings. The Kier molecular flexibility index (Phi) is 6.67. The first-order valence-electron chi connectivity index (χ1n) is 9.03. The molecule has 0 aromatic carbocycles. The van der Waals surface area contributed by atoms with Crippen LogP contribution in [0.2, 0.25) is 0 Å². The van der Waals surface area contributed by atoms with Crippen LogP contribution < -0.4 is 0 Å². The van der Waals surface area contributed by atoms with Crippen molar-refractivity contribution in [2.45, 2.75) is 71.0 Å². The number of ether oxygens (including phenoxy) is 2. The largest absolute Gasteiger partial charge is 0.469 e. The molecule has 2 aliphatic heterocycles. The maximum absolute atomic E-state index is 12.1. The van der Waals surface area contributed by atoms with Crippen LogP contribution in [0.5, 0.6) is 0 Å². The first-order valence-corrected chi connectivity index (χ1v) is 9.03. The first-order chi connectivity index (χ1) is 11.8. The molecule has 2 heterocycles. The molecule has 7 heteroatoms. The molecule has 0 saturated carbocycles. The van der Waals surface area contributed by atoms with Gasteiger partial charge in [0.25, 0.3) is 0 Å². The molecule has 2 aliphatic rings. The fourth-order valence-electron chi connectivity index (χ4n) is 3.11. The second-order valence-corrected chi connectivity index (χ2v) is 7.82. The molecule has 0 spiro atoms. The van der Waals surface area contributed by atoms with Crippen molar-refractivity contribution in [2.75, 3.05) is 20.2 Å². The zero-order chi connectivity index (χ0) is 18.4. The van der Waals surface area contributed by atoms with Crippen LogP contribution in [0.3, 0.4) is 0 Å². The van der Waals surface area contributed by atoms with E-state index in [4.69, 9.17) is 9.57 Å². The van der Waals surface area contributed by atoms with Gasteiger partial charge in [0.2, 0.25) is 0 Å². The van der Waals surface area contributed by atoms with Gasteiger partial charge in [-0.05, 0) is 52.4 Å². The van der Waals surface area contributed by atoms with Gasteiger partial charge in [0, 0.05) is 19.5 Å². The van der Waals surface area contributed by atoms with Crippen molar-refractivity contribution in [1.82, 2.24) is 4.90 Å². The average Bonchev–Trinajstić information content (AvgIpc) is 2.99. The summed E-state index contributed by atoms with van der Waals surface area (Å²) in [6.07, 6.45) is 4.44. The molecular weight excluding hydrogens is 324 g/mol. The van der Waals surface area contributed by atoms with Crippen LogP contribution in [-0.4, -0.2) is 54.6 Å². The number of piperidine rings is 1. The molecule has 1 amide bonds. The number of hydrogen-bond acceptors (Lipinski definition) is 6. The molecule has 25 heavy (non-hydrogen) atoms. The monoisotopic (exact) mass is 354 g/mol. The minimum atomic E-state index is -0.449. The van der Waals surface area contributed by atoms with Gasteiger partial charge >= 0.3 is 12.1 Å². The highest BCUT2D eigenvalue weighted by Crippen LogP contribution is 2.25. The number of hydrogen-bond donors (Lipinski definition) is 0. The third-order valence-corrected chi connectivity index (χ3v) is 4.52. The number of oxime groups is 1. The van der Waals surface area contributed by atoms with Crippen LogP contribution in [0, 0.1) is 5.92 Å². The van der Waals surface area contributed by atoms with Crippen LogP contribution in [0.4, 0.5) is 4.79 Å².